The van der Waals surface area contributed by atoms with Crippen LogP contribution in [-0.2, 0) is 4.79 Å². The molecule has 1 aromatic carbocycles. The molecule has 1 N–H and O–H groups in total. The van der Waals surface area contributed by atoms with Crippen molar-refractivity contribution in [2.75, 3.05) is 0 Å². The van der Waals surface area contributed by atoms with E-state index in [2.05, 4.69) is 4.98 Å². The van der Waals surface area contributed by atoms with Crippen LogP contribution in [0.15, 0.2) is 36.7 Å². The average Bonchev–Trinajstić information content (AvgIpc) is 2.95. The molecular formula is C12H10N2O2S. The normalized spacial score (nSPS) is 19.5. The molecule has 1 atom stereocenters. The van der Waals surface area contributed by atoms with E-state index in [9.17, 15) is 4.79 Å². The lowest BCUT2D eigenvalue weighted by atomic mass is 10.3. The highest BCUT2D eigenvalue weighted by Gasteiger charge is 2.25. The molecule has 1 aromatic heterocycles. The van der Waals surface area contributed by atoms with Crippen LogP contribution in [0.3, 0.4) is 0 Å². The maximum absolute atomic E-state index is 10.9. The first-order chi connectivity index (χ1) is 8.25. The van der Waals surface area contributed by atoms with E-state index in [0.717, 1.165) is 16.1 Å². The van der Waals surface area contributed by atoms with Crippen molar-refractivity contribution in [3.8, 4) is 0 Å². The van der Waals surface area contributed by atoms with Crippen LogP contribution in [-0.4, -0.2) is 25.9 Å². The second kappa shape index (κ2) is 3.92. The SMILES string of the molecule is O=C(O)C1CC=C(n2cnc3ccccc32)S1. The summed E-state index contributed by atoms with van der Waals surface area (Å²) in [4.78, 5) is 15.2. The van der Waals surface area contributed by atoms with E-state index in [1.54, 1.807) is 6.33 Å². The molecule has 4 nitrogen and oxygen atoms in total. The molecule has 2 aromatic rings. The number of imidazole rings is 1. The first-order valence-corrected chi connectivity index (χ1v) is 6.16. The molecule has 5 heteroatoms. The largest absolute Gasteiger partial charge is 0.480 e. The van der Waals surface area contributed by atoms with Crippen molar-refractivity contribution in [1.82, 2.24) is 9.55 Å². The van der Waals surface area contributed by atoms with Crippen molar-refractivity contribution >= 4 is 33.8 Å². The van der Waals surface area contributed by atoms with Crippen molar-refractivity contribution < 1.29 is 9.90 Å². The van der Waals surface area contributed by atoms with Crippen LogP contribution >= 0.6 is 11.8 Å². The van der Waals surface area contributed by atoms with Crippen molar-refractivity contribution in [2.45, 2.75) is 11.7 Å². The molecule has 0 aliphatic carbocycles. The summed E-state index contributed by atoms with van der Waals surface area (Å²) < 4.78 is 1.95. The van der Waals surface area contributed by atoms with Gasteiger partial charge in [-0.1, -0.05) is 30.0 Å². The number of aromatic nitrogens is 2. The zero-order chi connectivity index (χ0) is 11.8. The Hall–Kier alpha value is -1.75. The Morgan fingerprint density at radius 2 is 2.29 bits per heavy atom. The van der Waals surface area contributed by atoms with Gasteiger partial charge in [-0.3, -0.25) is 9.36 Å². The Morgan fingerprint density at radius 1 is 1.47 bits per heavy atom. The number of carboxylic acid groups (broad SMARTS) is 1. The van der Waals surface area contributed by atoms with Crippen LogP contribution in [0.25, 0.3) is 16.1 Å². The summed E-state index contributed by atoms with van der Waals surface area (Å²) in [7, 11) is 0. The first-order valence-electron chi connectivity index (χ1n) is 5.28. The third-order valence-electron chi connectivity index (χ3n) is 2.74. The highest BCUT2D eigenvalue weighted by molar-refractivity contribution is 8.09. The predicted molar refractivity (Wildman–Crippen MR) is 67.6 cm³/mol. The molecule has 0 radical (unpaired) electrons. The van der Waals surface area contributed by atoms with Crippen LogP contribution in [0.4, 0.5) is 0 Å². The molecule has 0 saturated heterocycles. The molecule has 17 heavy (non-hydrogen) atoms. The lowest BCUT2D eigenvalue weighted by Crippen LogP contribution is -2.12. The summed E-state index contributed by atoms with van der Waals surface area (Å²) in [5, 5.41) is 9.54. The number of hydrogen-bond donors (Lipinski definition) is 1. The molecule has 0 saturated carbocycles. The molecule has 0 bridgehead atoms. The van der Waals surface area contributed by atoms with E-state index >= 15 is 0 Å². The zero-order valence-corrected chi connectivity index (χ0v) is 9.72. The lowest BCUT2D eigenvalue weighted by Gasteiger charge is -2.06. The van der Waals surface area contributed by atoms with Crippen LogP contribution in [0.2, 0.25) is 0 Å². The number of nitrogens with zero attached hydrogens (tertiary/aromatic N) is 2. The third-order valence-corrected chi connectivity index (χ3v) is 4.02. The van der Waals surface area contributed by atoms with Gasteiger partial charge in [0.15, 0.2) is 0 Å². The second-order valence-corrected chi connectivity index (χ2v) is 5.05. The van der Waals surface area contributed by atoms with Crippen molar-refractivity contribution in [2.24, 2.45) is 0 Å². The fourth-order valence-electron chi connectivity index (χ4n) is 1.89. The van der Waals surface area contributed by atoms with Crippen LogP contribution < -0.4 is 0 Å². The quantitative estimate of drug-likeness (QED) is 0.884. The number of para-hydroxylation sites is 2. The fourth-order valence-corrected chi connectivity index (χ4v) is 2.93. The molecule has 3 rings (SSSR count). The molecule has 2 heterocycles. The van der Waals surface area contributed by atoms with E-state index in [0.29, 0.717) is 6.42 Å². The predicted octanol–water partition coefficient (Wildman–Crippen LogP) is 2.42. The highest BCUT2D eigenvalue weighted by atomic mass is 32.2. The van der Waals surface area contributed by atoms with Gasteiger partial charge in [0.05, 0.1) is 16.1 Å². The zero-order valence-electron chi connectivity index (χ0n) is 8.91. The van der Waals surface area contributed by atoms with Gasteiger partial charge in [-0.15, -0.1) is 0 Å². The number of thioether (sulfide) groups is 1. The van der Waals surface area contributed by atoms with E-state index < -0.39 is 5.97 Å². The van der Waals surface area contributed by atoms with Gasteiger partial charge >= 0.3 is 5.97 Å². The average molecular weight is 246 g/mol. The molecule has 0 amide bonds. The molecule has 86 valence electrons. The number of hydrogen-bond acceptors (Lipinski definition) is 3. The Balaban J connectivity index is 1.98. The minimum Gasteiger partial charge on any atom is -0.480 e. The van der Waals surface area contributed by atoms with Crippen molar-refractivity contribution in [1.29, 1.82) is 0 Å². The van der Waals surface area contributed by atoms with E-state index in [4.69, 9.17) is 5.11 Å². The Kier molecular flexibility index (Phi) is 2.40. The Morgan fingerprint density at radius 3 is 3.06 bits per heavy atom. The van der Waals surface area contributed by atoms with Crippen molar-refractivity contribution in [3.05, 3.63) is 36.7 Å². The van der Waals surface area contributed by atoms with Gasteiger partial charge < -0.3 is 5.11 Å². The molecule has 0 fully saturated rings. The number of allylic oxidation sites excluding steroid dienone is 1. The maximum atomic E-state index is 10.9. The van der Waals surface area contributed by atoms with E-state index in [-0.39, 0.29) is 5.25 Å². The van der Waals surface area contributed by atoms with Crippen molar-refractivity contribution in [3.63, 3.8) is 0 Å². The Labute approximate surface area is 102 Å². The molecule has 1 aliphatic rings. The van der Waals surface area contributed by atoms with E-state index in [1.165, 1.54) is 11.8 Å². The molecule has 1 unspecified atom stereocenters. The topological polar surface area (TPSA) is 55.1 Å². The minimum absolute atomic E-state index is 0.369. The van der Waals surface area contributed by atoms with Crippen LogP contribution in [0.5, 0.6) is 0 Å². The highest BCUT2D eigenvalue weighted by Crippen LogP contribution is 2.37. The second-order valence-electron chi connectivity index (χ2n) is 3.83. The monoisotopic (exact) mass is 246 g/mol. The summed E-state index contributed by atoms with van der Waals surface area (Å²) in [6.07, 6.45) is 4.27. The smallest absolute Gasteiger partial charge is 0.317 e. The fraction of sp³-hybridized carbons (Fsp3) is 0.167. The molecule has 1 aliphatic heterocycles. The summed E-state index contributed by atoms with van der Waals surface area (Å²) in [6, 6.07) is 7.82. The van der Waals surface area contributed by atoms with Gasteiger partial charge in [0.2, 0.25) is 0 Å². The van der Waals surface area contributed by atoms with Gasteiger partial charge in [0.1, 0.15) is 11.6 Å². The summed E-state index contributed by atoms with van der Waals surface area (Å²) >= 11 is 1.38. The summed E-state index contributed by atoms with van der Waals surface area (Å²) in [6.45, 7) is 0. The number of carboxylic acids is 1. The van der Waals surface area contributed by atoms with Crippen LogP contribution in [0.1, 0.15) is 6.42 Å². The van der Waals surface area contributed by atoms with Gasteiger partial charge in [-0.05, 0) is 18.6 Å². The number of rotatable bonds is 2. The summed E-state index contributed by atoms with van der Waals surface area (Å²) in [5.41, 5.74) is 1.94. The lowest BCUT2D eigenvalue weighted by molar-refractivity contribution is -0.136. The van der Waals surface area contributed by atoms with Gasteiger partial charge in [-0.2, -0.15) is 0 Å². The van der Waals surface area contributed by atoms with E-state index in [1.807, 2.05) is 34.9 Å². The number of benzene rings is 1. The molecule has 0 spiro atoms. The molecular weight excluding hydrogens is 236 g/mol. The number of carbonyl (C=O) groups is 1. The third kappa shape index (κ3) is 1.72. The Bertz CT molecular complexity index is 618. The van der Waals surface area contributed by atoms with Crippen LogP contribution in [0, 0.1) is 0 Å². The van der Waals surface area contributed by atoms with Gasteiger partial charge in [0, 0.05) is 0 Å². The van der Waals surface area contributed by atoms with Gasteiger partial charge in [0.25, 0.3) is 0 Å². The maximum Gasteiger partial charge on any atom is 0.317 e. The minimum atomic E-state index is -0.759. The summed E-state index contributed by atoms with van der Waals surface area (Å²) in [5.74, 6) is -0.759. The number of fused-ring (bicyclic) bond motifs is 1. The number of aliphatic carboxylic acids is 1. The standard InChI is InChI=1S/C12H10N2O2S/c15-12(16)10-5-6-11(17-10)14-7-13-8-3-1-2-4-9(8)14/h1-4,6-7,10H,5H2,(H,15,16). The van der Waals surface area contributed by atoms with Gasteiger partial charge in [-0.25, -0.2) is 4.98 Å². The first kappa shape index (κ1) is 10.4.